The van der Waals surface area contributed by atoms with Gasteiger partial charge in [0.15, 0.2) is 0 Å². The summed E-state index contributed by atoms with van der Waals surface area (Å²) >= 11 is 0. The average Bonchev–Trinajstić information content (AvgIpc) is 3.06. The summed E-state index contributed by atoms with van der Waals surface area (Å²) in [5.41, 5.74) is -1.00. The van der Waals surface area contributed by atoms with Gasteiger partial charge in [0.2, 0.25) is 5.91 Å². The Balaban J connectivity index is 1.70. The summed E-state index contributed by atoms with van der Waals surface area (Å²) in [6.45, 7) is 5.71. The number of hydrogen-bond donors (Lipinski definition) is 4. The van der Waals surface area contributed by atoms with E-state index in [9.17, 15) is 29.4 Å². The van der Waals surface area contributed by atoms with E-state index in [-0.39, 0.29) is 38.4 Å². The fourth-order valence-corrected chi connectivity index (χ4v) is 4.33. The minimum absolute atomic E-state index is 0.0141. The van der Waals surface area contributed by atoms with Crippen LogP contribution in [-0.4, -0.2) is 67.6 Å². The Morgan fingerprint density at radius 1 is 1.14 bits per heavy atom. The van der Waals surface area contributed by atoms with Gasteiger partial charge >= 0.3 is 11.8 Å². The minimum Gasteiger partial charge on any atom is -0.444 e. The molecule has 196 valence electrons. The number of H-pyrrole nitrogens is 1. The van der Waals surface area contributed by atoms with E-state index in [1.54, 1.807) is 25.7 Å². The van der Waals surface area contributed by atoms with E-state index in [1.807, 2.05) is 30.3 Å². The fraction of sp³-hybridized carbons (Fsp3) is 0.520. The van der Waals surface area contributed by atoms with Crippen molar-refractivity contribution in [2.45, 2.75) is 64.0 Å². The van der Waals surface area contributed by atoms with E-state index >= 15 is 0 Å². The van der Waals surface area contributed by atoms with Gasteiger partial charge in [-0.15, -0.1) is 0 Å². The smallest absolute Gasteiger partial charge is 0.407 e. The summed E-state index contributed by atoms with van der Waals surface area (Å²) in [6.07, 6.45) is -1.52. The van der Waals surface area contributed by atoms with Crippen molar-refractivity contribution >= 4 is 12.0 Å². The molecule has 0 radical (unpaired) electrons. The van der Waals surface area contributed by atoms with E-state index in [0.29, 0.717) is 0 Å². The van der Waals surface area contributed by atoms with E-state index in [0.717, 1.165) is 5.56 Å². The number of aromatic amines is 1. The third kappa shape index (κ3) is 7.28. The minimum atomic E-state index is -1.25. The van der Waals surface area contributed by atoms with Crippen LogP contribution in [0.25, 0.3) is 0 Å². The molecule has 1 aliphatic carbocycles. The zero-order valence-corrected chi connectivity index (χ0v) is 20.7. The van der Waals surface area contributed by atoms with Crippen LogP contribution >= 0.6 is 0 Å². The molecule has 0 aliphatic heterocycles. The molecular formula is C25H34N4O7. The molecule has 1 aromatic heterocycles. The quantitative estimate of drug-likeness (QED) is 0.416. The van der Waals surface area contributed by atoms with Crippen LogP contribution in [0.3, 0.4) is 0 Å². The van der Waals surface area contributed by atoms with Crippen LogP contribution in [0.15, 0.2) is 52.2 Å². The largest absolute Gasteiger partial charge is 0.444 e. The number of nitrogens with one attached hydrogen (secondary N) is 2. The van der Waals surface area contributed by atoms with Crippen molar-refractivity contribution in [2.75, 3.05) is 13.1 Å². The third-order valence-corrected chi connectivity index (χ3v) is 6.01. The van der Waals surface area contributed by atoms with Gasteiger partial charge in [-0.1, -0.05) is 30.3 Å². The zero-order chi connectivity index (χ0) is 26.5. The lowest BCUT2D eigenvalue weighted by atomic mass is 10.0. The molecule has 0 unspecified atom stereocenters. The second-order valence-electron chi connectivity index (χ2n) is 10.0. The lowest BCUT2D eigenvalue weighted by Crippen LogP contribution is -2.41. The molecule has 4 atom stereocenters. The predicted molar refractivity (Wildman–Crippen MR) is 131 cm³/mol. The highest BCUT2D eigenvalue weighted by molar-refractivity contribution is 5.77. The van der Waals surface area contributed by atoms with Crippen LogP contribution in [0.5, 0.6) is 0 Å². The number of benzene rings is 1. The molecule has 3 rings (SSSR count). The molecule has 1 heterocycles. The predicted octanol–water partition coefficient (Wildman–Crippen LogP) is 0.763. The van der Waals surface area contributed by atoms with Crippen LogP contribution in [-0.2, 0) is 16.1 Å². The van der Waals surface area contributed by atoms with Crippen molar-refractivity contribution in [1.82, 2.24) is 19.8 Å². The molecule has 0 bridgehead atoms. The van der Waals surface area contributed by atoms with Crippen LogP contribution in [0.2, 0.25) is 0 Å². The Kier molecular flexibility index (Phi) is 8.70. The van der Waals surface area contributed by atoms with Crippen molar-refractivity contribution in [1.29, 1.82) is 0 Å². The number of aliphatic hydroxyl groups excluding tert-OH is 2. The average molecular weight is 503 g/mol. The molecule has 0 spiro atoms. The summed E-state index contributed by atoms with van der Waals surface area (Å²) in [7, 11) is 0. The highest BCUT2D eigenvalue weighted by Gasteiger charge is 2.43. The number of aliphatic hydroxyl groups is 2. The van der Waals surface area contributed by atoms with E-state index in [4.69, 9.17) is 4.74 Å². The van der Waals surface area contributed by atoms with Gasteiger partial charge in [-0.3, -0.25) is 19.1 Å². The molecule has 1 aromatic carbocycles. The molecule has 11 nitrogen and oxygen atoms in total. The molecule has 1 fully saturated rings. The van der Waals surface area contributed by atoms with Crippen LogP contribution < -0.4 is 16.6 Å². The van der Waals surface area contributed by atoms with Gasteiger partial charge in [-0.2, -0.15) is 0 Å². The van der Waals surface area contributed by atoms with Gasteiger partial charge in [0, 0.05) is 44.2 Å². The van der Waals surface area contributed by atoms with Crippen molar-refractivity contribution < 1.29 is 24.5 Å². The Hall–Kier alpha value is -3.44. The monoisotopic (exact) mass is 502 g/mol. The summed E-state index contributed by atoms with van der Waals surface area (Å²) < 4.78 is 6.39. The van der Waals surface area contributed by atoms with E-state index < -0.39 is 47.1 Å². The number of aromatic nitrogens is 2. The van der Waals surface area contributed by atoms with Gasteiger partial charge in [-0.05, 0) is 32.8 Å². The number of carbonyl (C=O) groups excluding carboxylic acids is 2. The Morgan fingerprint density at radius 3 is 2.47 bits per heavy atom. The first-order chi connectivity index (χ1) is 16.9. The Morgan fingerprint density at radius 2 is 1.83 bits per heavy atom. The molecule has 11 heteroatoms. The van der Waals surface area contributed by atoms with Crippen molar-refractivity contribution in [3.05, 3.63) is 69.0 Å². The van der Waals surface area contributed by atoms with Gasteiger partial charge in [-0.25, -0.2) is 9.59 Å². The maximum absolute atomic E-state index is 13.1. The zero-order valence-electron chi connectivity index (χ0n) is 20.7. The number of alkyl carbamates (subject to hydrolysis) is 1. The SMILES string of the molecule is CC(C)(C)OC(=O)NCCC(=O)N(Cc1ccccc1)C[C@@H]1C[C@@H](n2ccc(=O)[nH]c2=O)[C@@H](O)[C@@H]1O. The maximum Gasteiger partial charge on any atom is 0.407 e. The van der Waals surface area contributed by atoms with Crippen molar-refractivity contribution in [2.24, 2.45) is 5.92 Å². The summed E-state index contributed by atoms with van der Waals surface area (Å²) in [4.78, 5) is 52.4. The number of nitrogens with zero attached hydrogens (tertiary/aromatic N) is 2. The van der Waals surface area contributed by atoms with Crippen molar-refractivity contribution in [3.8, 4) is 0 Å². The lowest BCUT2D eigenvalue weighted by molar-refractivity contribution is -0.133. The number of carbonyl (C=O) groups is 2. The molecule has 2 aromatic rings. The second kappa shape index (κ2) is 11.5. The van der Waals surface area contributed by atoms with Crippen molar-refractivity contribution in [3.63, 3.8) is 0 Å². The van der Waals surface area contributed by atoms with Gasteiger partial charge < -0.3 is 25.2 Å². The summed E-state index contributed by atoms with van der Waals surface area (Å²) in [5.74, 6) is -0.767. The normalized spacial score (nSPS) is 21.7. The van der Waals surface area contributed by atoms with Crippen LogP contribution in [0.4, 0.5) is 4.79 Å². The molecular weight excluding hydrogens is 468 g/mol. The highest BCUT2D eigenvalue weighted by Crippen LogP contribution is 2.35. The molecule has 0 saturated heterocycles. The first kappa shape index (κ1) is 27.2. The van der Waals surface area contributed by atoms with Gasteiger partial charge in [0.05, 0.1) is 12.1 Å². The third-order valence-electron chi connectivity index (χ3n) is 6.01. The molecule has 2 amide bonds. The number of amides is 2. The second-order valence-corrected chi connectivity index (χ2v) is 10.0. The topological polar surface area (TPSA) is 154 Å². The van der Waals surface area contributed by atoms with E-state index in [1.165, 1.54) is 16.8 Å². The summed E-state index contributed by atoms with van der Waals surface area (Å²) in [6, 6.07) is 9.76. The highest BCUT2D eigenvalue weighted by atomic mass is 16.6. The van der Waals surface area contributed by atoms with Gasteiger partial charge in [0.25, 0.3) is 5.56 Å². The molecule has 1 saturated carbocycles. The number of hydrogen-bond acceptors (Lipinski definition) is 7. The number of ether oxygens (including phenoxy) is 1. The molecule has 1 aliphatic rings. The lowest BCUT2D eigenvalue weighted by Gasteiger charge is -2.28. The van der Waals surface area contributed by atoms with E-state index in [2.05, 4.69) is 10.3 Å². The fourth-order valence-electron chi connectivity index (χ4n) is 4.33. The Labute approximate surface area is 208 Å². The maximum atomic E-state index is 13.1. The molecule has 36 heavy (non-hydrogen) atoms. The Bertz CT molecular complexity index is 1160. The standard InChI is InChI=1S/C25H34N4O7/c1-25(2,3)36-24(35)26-11-9-20(31)28(14-16-7-5-4-6-8-16)15-17-13-18(22(33)21(17)32)29-12-10-19(30)27-23(29)34/h4-8,10,12,17-18,21-22,32-33H,9,11,13-15H2,1-3H3,(H,26,35)(H,27,30,34)/t17-,18+,21+,22+/m0/s1. The number of rotatable bonds is 8. The van der Waals surface area contributed by atoms with Crippen LogP contribution in [0, 0.1) is 5.92 Å². The first-order valence-corrected chi connectivity index (χ1v) is 11.9. The summed E-state index contributed by atoms with van der Waals surface area (Å²) in [5, 5.41) is 24.0. The first-order valence-electron chi connectivity index (χ1n) is 11.9. The van der Waals surface area contributed by atoms with Crippen LogP contribution in [0.1, 0.15) is 45.2 Å². The molecule has 4 N–H and O–H groups in total. The van der Waals surface area contributed by atoms with Gasteiger partial charge in [0.1, 0.15) is 11.7 Å².